The molecule has 0 bridgehead atoms. The topological polar surface area (TPSA) is 136 Å². The lowest BCUT2D eigenvalue weighted by molar-refractivity contribution is 0.0809. The van der Waals surface area contributed by atoms with Crippen molar-refractivity contribution in [1.29, 1.82) is 0 Å². The fourth-order valence-electron chi connectivity index (χ4n) is 3.35. The van der Waals surface area contributed by atoms with E-state index < -0.39 is 23.1 Å². The van der Waals surface area contributed by atoms with Gasteiger partial charge in [-0.2, -0.15) is 0 Å². The molecule has 2 N–H and O–H groups in total. The number of phenols is 2. The SMILES string of the molecule is COc1c(C(=O)C(=O)c2cccc(O)c2)cc(C(=O)C(=O)c2cccc(O)c2)c(OC)c1OC. The molecule has 34 heavy (non-hydrogen) atoms. The van der Waals surface area contributed by atoms with Crippen LogP contribution in [0.4, 0.5) is 0 Å². The second-order valence-corrected chi connectivity index (χ2v) is 6.99. The first-order chi connectivity index (χ1) is 16.2. The van der Waals surface area contributed by atoms with E-state index in [1.807, 2.05) is 0 Å². The molecule has 0 atom stereocenters. The molecule has 3 aromatic rings. The number of hydrogen-bond donors (Lipinski definition) is 2. The lowest BCUT2D eigenvalue weighted by Crippen LogP contribution is -2.20. The number of phenolic OH excluding ortho intramolecular Hbond substituents is 2. The standard InChI is InChI=1S/C25H20O9/c1-32-23-17(21(30)19(28)13-6-4-8-15(26)10-13)12-18(24(33-2)25(23)34-3)22(31)20(29)14-7-5-9-16(27)11-14/h4-12,26-27H,1-3H3. The molecule has 0 unspecified atom stereocenters. The van der Waals surface area contributed by atoms with E-state index in [9.17, 15) is 29.4 Å². The summed E-state index contributed by atoms with van der Waals surface area (Å²) in [6, 6.07) is 11.4. The highest BCUT2D eigenvalue weighted by Gasteiger charge is 2.32. The van der Waals surface area contributed by atoms with Crippen molar-refractivity contribution >= 4 is 23.1 Å². The van der Waals surface area contributed by atoms with Gasteiger partial charge in [-0.3, -0.25) is 19.2 Å². The van der Waals surface area contributed by atoms with Gasteiger partial charge in [0, 0.05) is 11.1 Å². The number of aromatic hydroxyl groups is 2. The van der Waals surface area contributed by atoms with Gasteiger partial charge in [0.15, 0.2) is 11.5 Å². The highest BCUT2D eigenvalue weighted by molar-refractivity contribution is 6.52. The quantitative estimate of drug-likeness (QED) is 0.361. The van der Waals surface area contributed by atoms with Gasteiger partial charge in [0.2, 0.25) is 28.9 Å². The Bertz CT molecular complexity index is 1210. The number of rotatable bonds is 9. The fraction of sp³-hybridized carbons (Fsp3) is 0.120. The van der Waals surface area contributed by atoms with Gasteiger partial charge < -0.3 is 24.4 Å². The molecule has 0 radical (unpaired) electrons. The van der Waals surface area contributed by atoms with E-state index in [0.717, 1.165) is 18.2 Å². The lowest BCUT2D eigenvalue weighted by Gasteiger charge is -2.18. The summed E-state index contributed by atoms with van der Waals surface area (Å²) in [4.78, 5) is 51.9. The summed E-state index contributed by atoms with van der Waals surface area (Å²) in [7, 11) is 3.69. The van der Waals surface area contributed by atoms with Crippen LogP contribution in [0.2, 0.25) is 0 Å². The third-order valence-electron chi connectivity index (χ3n) is 4.92. The van der Waals surface area contributed by atoms with E-state index in [1.54, 1.807) is 0 Å². The Balaban J connectivity index is 2.18. The van der Waals surface area contributed by atoms with Crippen molar-refractivity contribution in [2.75, 3.05) is 21.3 Å². The molecule has 9 heteroatoms. The van der Waals surface area contributed by atoms with Gasteiger partial charge in [0.25, 0.3) is 0 Å². The average molecular weight is 464 g/mol. The molecular weight excluding hydrogens is 444 g/mol. The number of methoxy groups -OCH3 is 3. The van der Waals surface area contributed by atoms with Crippen LogP contribution in [0.5, 0.6) is 28.7 Å². The maximum atomic E-state index is 13.1. The number of benzene rings is 3. The predicted molar refractivity (Wildman–Crippen MR) is 120 cm³/mol. The molecule has 0 aromatic heterocycles. The maximum absolute atomic E-state index is 13.1. The molecule has 3 rings (SSSR count). The first-order valence-electron chi connectivity index (χ1n) is 9.82. The lowest BCUT2D eigenvalue weighted by atomic mass is 9.94. The molecule has 0 aliphatic rings. The molecule has 3 aromatic carbocycles. The van der Waals surface area contributed by atoms with Gasteiger partial charge in [-0.25, -0.2) is 0 Å². The van der Waals surface area contributed by atoms with E-state index in [-0.39, 0.29) is 51.0 Å². The van der Waals surface area contributed by atoms with Gasteiger partial charge in [-0.1, -0.05) is 24.3 Å². The van der Waals surface area contributed by atoms with Crippen LogP contribution in [-0.2, 0) is 0 Å². The number of Topliss-reactive ketones (excluding diaryl/α,β-unsaturated/α-hetero) is 4. The minimum Gasteiger partial charge on any atom is -0.508 e. The van der Waals surface area contributed by atoms with Crippen LogP contribution >= 0.6 is 0 Å². The van der Waals surface area contributed by atoms with Crippen molar-refractivity contribution < 1.29 is 43.6 Å². The second kappa shape index (κ2) is 9.86. The van der Waals surface area contributed by atoms with E-state index in [4.69, 9.17) is 14.2 Å². The number of ketones is 4. The molecule has 0 fully saturated rings. The molecule has 0 aliphatic carbocycles. The Hall–Kier alpha value is -4.66. The van der Waals surface area contributed by atoms with Crippen molar-refractivity contribution in [3.63, 3.8) is 0 Å². The average Bonchev–Trinajstić information content (AvgIpc) is 2.85. The molecule has 0 saturated heterocycles. The summed E-state index contributed by atoms with van der Waals surface area (Å²) < 4.78 is 15.9. The van der Waals surface area contributed by atoms with Crippen LogP contribution < -0.4 is 14.2 Å². The fourth-order valence-corrected chi connectivity index (χ4v) is 3.35. The zero-order valence-electron chi connectivity index (χ0n) is 18.4. The monoisotopic (exact) mass is 464 g/mol. The number of carbonyl (C=O) groups is 4. The van der Waals surface area contributed by atoms with Crippen molar-refractivity contribution in [3.05, 3.63) is 76.9 Å². The van der Waals surface area contributed by atoms with Crippen LogP contribution in [0.15, 0.2) is 54.6 Å². The van der Waals surface area contributed by atoms with E-state index in [0.29, 0.717) is 0 Å². The Morgan fingerprint density at radius 1 is 0.559 bits per heavy atom. The van der Waals surface area contributed by atoms with Gasteiger partial charge in [-0.05, 0) is 30.3 Å². The largest absolute Gasteiger partial charge is 0.508 e. The van der Waals surface area contributed by atoms with Gasteiger partial charge in [0.1, 0.15) is 11.5 Å². The normalized spacial score (nSPS) is 10.3. The van der Waals surface area contributed by atoms with Crippen LogP contribution in [-0.4, -0.2) is 54.7 Å². The summed E-state index contributed by atoms with van der Waals surface area (Å²) in [6.07, 6.45) is 0. The van der Waals surface area contributed by atoms with Gasteiger partial charge in [-0.15, -0.1) is 0 Å². The van der Waals surface area contributed by atoms with E-state index in [2.05, 4.69) is 0 Å². The van der Waals surface area contributed by atoms with E-state index in [1.165, 1.54) is 57.7 Å². The summed E-state index contributed by atoms with van der Waals surface area (Å²) >= 11 is 0. The van der Waals surface area contributed by atoms with Crippen molar-refractivity contribution in [1.82, 2.24) is 0 Å². The third kappa shape index (κ3) is 4.44. The molecule has 174 valence electrons. The second-order valence-electron chi connectivity index (χ2n) is 6.99. The van der Waals surface area contributed by atoms with Gasteiger partial charge >= 0.3 is 0 Å². The highest BCUT2D eigenvalue weighted by atomic mass is 16.5. The van der Waals surface area contributed by atoms with Crippen molar-refractivity contribution in [2.24, 2.45) is 0 Å². The summed E-state index contributed by atoms with van der Waals surface area (Å²) in [5.41, 5.74) is -0.878. The Morgan fingerprint density at radius 2 is 0.941 bits per heavy atom. The summed E-state index contributed by atoms with van der Waals surface area (Å²) in [6.45, 7) is 0. The smallest absolute Gasteiger partial charge is 0.237 e. The predicted octanol–water partition coefficient (Wildman–Crippen LogP) is 3.25. The number of hydrogen-bond acceptors (Lipinski definition) is 9. The molecule has 0 aliphatic heterocycles. The molecular formula is C25H20O9. The van der Waals surface area contributed by atoms with Crippen molar-refractivity contribution in [2.45, 2.75) is 0 Å². The zero-order valence-corrected chi connectivity index (χ0v) is 18.4. The first kappa shape index (κ1) is 24.0. The van der Waals surface area contributed by atoms with Crippen LogP contribution in [0, 0.1) is 0 Å². The molecule has 0 saturated carbocycles. The maximum Gasteiger partial charge on any atom is 0.237 e. The molecule has 0 spiro atoms. The van der Waals surface area contributed by atoms with E-state index >= 15 is 0 Å². The summed E-state index contributed by atoms with van der Waals surface area (Å²) in [5, 5.41) is 19.3. The van der Waals surface area contributed by atoms with Crippen molar-refractivity contribution in [3.8, 4) is 28.7 Å². The first-order valence-corrected chi connectivity index (χ1v) is 9.82. The number of ether oxygens (including phenoxy) is 3. The van der Waals surface area contributed by atoms with Crippen LogP contribution in [0.1, 0.15) is 41.4 Å². The number of carbonyl (C=O) groups excluding carboxylic acids is 4. The Kier molecular flexibility index (Phi) is 6.96. The highest BCUT2D eigenvalue weighted by Crippen LogP contribution is 2.43. The summed E-state index contributed by atoms with van der Waals surface area (Å²) in [5.74, 6) is -5.08. The molecule has 9 nitrogen and oxygen atoms in total. The van der Waals surface area contributed by atoms with Gasteiger partial charge in [0.05, 0.1) is 32.5 Å². The Morgan fingerprint density at radius 3 is 1.26 bits per heavy atom. The third-order valence-corrected chi connectivity index (χ3v) is 4.92. The van der Waals surface area contributed by atoms with Crippen LogP contribution in [0.25, 0.3) is 0 Å². The minimum absolute atomic E-state index is 0.0921. The minimum atomic E-state index is -1.07. The zero-order chi connectivity index (χ0) is 25.0. The van der Waals surface area contributed by atoms with Crippen LogP contribution in [0.3, 0.4) is 0 Å². The molecule has 0 heterocycles. The molecule has 0 amide bonds. The Labute approximate surface area is 194 Å².